The Hall–Kier alpha value is -2.30. The van der Waals surface area contributed by atoms with E-state index in [1.807, 2.05) is 31.3 Å². The molecule has 1 aliphatic carbocycles. The molecule has 0 aliphatic heterocycles. The Labute approximate surface area is 147 Å². The van der Waals surface area contributed by atoms with E-state index in [9.17, 15) is 9.59 Å². The van der Waals surface area contributed by atoms with E-state index < -0.39 is 5.97 Å². The second-order valence-electron chi connectivity index (χ2n) is 6.93. The summed E-state index contributed by atoms with van der Waals surface area (Å²) in [5.41, 5.74) is 1.94. The number of carboxylic acid groups (broad SMARTS) is 1. The molecular weight excluding hydrogens is 318 g/mol. The molecule has 0 saturated heterocycles. The summed E-state index contributed by atoms with van der Waals surface area (Å²) in [5.74, 6) is -0.0639. The lowest BCUT2D eigenvalue weighted by Gasteiger charge is -2.29. The van der Waals surface area contributed by atoms with Gasteiger partial charge >= 0.3 is 5.97 Å². The highest BCUT2D eigenvalue weighted by atomic mass is 16.4. The first-order valence-electron chi connectivity index (χ1n) is 8.98. The Kier molecular flexibility index (Phi) is 5.11. The highest BCUT2D eigenvalue weighted by Crippen LogP contribution is 2.32. The number of carbonyl (C=O) groups excluding carboxylic acids is 1. The molecule has 0 atom stereocenters. The minimum Gasteiger partial charge on any atom is -0.481 e. The number of carbonyl (C=O) groups is 2. The van der Waals surface area contributed by atoms with Crippen LogP contribution in [0.2, 0.25) is 0 Å². The number of aryl methyl sites for hydroxylation is 1. The molecule has 1 heterocycles. The van der Waals surface area contributed by atoms with Crippen LogP contribution in [0.15, 0.2) is 28.7 Å². The van der Waals surface area contributed by atoms with Crippen molar-refractivity contribution in [3.05, 3.63) is 35.6 Å². The van der Waals surface area contributed by atoms with Crippen LogP contribution in [0, 0.1) is 11.8 Å². The molecule has 1 N–H and O–H groups in total. The molecule has 5 heteroatoms. The van der Waals surface area contributed by atoms with E-state index in [-0.39, 0.29) is 17.7 Å². The number of rotatable bonds is 5. The lowest BCUT2D eigenvalue weighted by atomic mass is 9.81. The fraction of sp³-hybridized carbons (Fsp3) is 0.500. The van der Waals surface area contributed by atoms with Gasteiger partial charge in [0, 0.05) is 36.9 Å². The minimum atomic E-state index is -0.739. The molecule has 0 bridgehead atoms. The number of amides is 1. The van der Waals surface area contributed by atoms with Crippen LogP contribution in [0.4, 0.5) is 0 Å². The summed E-state index contributed by atoms with van der Waals surface area (Å²) in [6.07, 6.45) is 3.29. The van der Waals surface area contributed by atoms with E-state index in [1.54, 1.807) is 4.90 Å². The van der Waals surface area contributed by atoms with Crippen LogP contribution in [0.25, 0.3) is 11.0 Å². The standard InChI is InChI=1S/C20H25NO4/c1-3-17-16(15-6-4-5-7-18(15)25-17)12-21(2)19(22)13-8-10-14(11-9-13)20(23)24/h4-7,13-14H,3,8-12H2,1-2H3,(H,23,24). The summed E-state index contributed by atoms with van der Waals surface area (Å²) >= 11 is 0. The molecular formula is C20H25NO4. The van der Waals surface area contributed by atoms with Crippen molar-refractivity contribution in [1.29, 1.82) is 0 Å². The molecule has 0 radical (unpaired) electrons. The van der Waals surface area contributed by atoms with Crippen LogP contribution >= 0.6 is 0 Å². The molecule has 1 saturated carbocycles. The van der Waals surface area contributed by atoms with Crippen molar-refractivity contribution < 1.29 is 19.1 Å². The summed E-state index contributed by atoms with van der Waals surface area (Å²) < 4.78 is 5.91. The number of hydrogen-bond donors (Lipinski definition) is 1. The molecule has 2 aromatic rings. The average molecular weight is 343 g/mol. The number of carboxylic acids is 1. The third kappa shape index (κ3) is 3.55. The van der Waals surface area contributed by atoms with E-state index in [1.165, 1.54) is 0 Å². The number of benzene rings is 1. The normalized spacial score (nSPS) is 20.6. The van der Waals surface area contributed by atoms with Gasteiger partial charge in [0.1, 0.15) is 11.3 Å². The molecule has 1 fully saturated rings. The first-order chi connectivity index (χ1) is 12.0. The number of furan rings is 1. The molecule has 0 unspecified atom stereocenters. The van der Waals surface area contributed by atoms with Crippen molar-refractivity contribution >= 4 is 22.8 Å². The van der Waals surface area contributed by atoms with Crippen LogP contribution in [0.5, 0.6) is 0 Å². The lowest BCUT2D eigenvalue weighted by Crippen LogP contribution is -2.35. The first-order valence-corrected chi connectivity index (χ1v) is 8.98. The zero-order valence-corrected chi connectivity index (χ0v) is 14.8. The molecule has 5 nitrogen and oxygen atoms in total. The minimum absolute atomic E-state index is 0.0659. The van der Waals surface area contributed by atoms with Gasteiger partial charge in [-0.25, -0.2) is 0 Å². The van der Waals surface area contributed by atoms with E-state index in [4.69, 9.17) is 9.52 Å². The molecule has 3 rings (SSSR count). The van der Waals surface area contributed by atoms with Crippen LogP contribution in [-0.4, -0.2) is 28.9 Å². The maximum absolute atomic E-state index is 12.8. The smallest absolute Gasteiger partial charge is 0.306 e. The maximum atomic E-state index is 12.8. The summed E-state index contributed by atoms with van der Waals surface area (Å²) in [7, 11) is 1.83. The average Bonchev–Trinajstić information content (AvgIpc) is 2.99. The number of nitrogens with zero attached hydrogens (tertiary/aromatic N) is 1. The van der Waals surface area contributed by atoms with Crippen molar-refractivity contribution in [1.82, 2.24) is 4.90 Å². The van der Waals surface area contributed by atoms with Gasteiger partial charge in [-0.15, -0.1) is 0 Å². The lowest BCUT2D eigenvalue weighted by molar-refractivity contribution is -0.145. The van der Waals surface area contributed by atoms with Crippen molar-refractivity contribution in [2.75, 3.05) is 7.05 Å². The Morgan fingerprint density at radius 2 is 1.80 bits per heavy atom. The van der Waals surface area contributed by atoms with Crippen molar-refractivity contribution in [3.63, 3.8) is 0 Å². The van der Waals surface area contributed by atoms with Crippen LogP contribution < -0.4 is 0 Å². The van der Waals surface area contributed by atoms with Gasteiger partial charge in [-0.3, -0.25) is 9.59 Å². The van der Waals surface area contributed by atoms with Gasteiger partial charge in [0.25, 0.3) is 0 Å². The number of fused-ring (bicyclic) bond motifs is 1. The van der Waals surface area contributed by atoms with Crippen LogP contribution in [0.3, 0.4) is 0 Å². The van der Waals surface area contributed by atoms with E-state index >= 15 is 0 Å². The van der Waals surface area contributed by atoms with E-state index in [2.05, 4.69) is 6.92 Å². The fourth-order valence-corrected chi connectivity index (χ4v) is 3.82. The Morgan fingerprint density at radius 1 is 1.16 bits per heavy atom. The second-order valence-corrected chi connectivity index (χ2v) is 6.93. The van der Waals surface area contributed by atoms with Gasteiger partial charge in [-0.05, 0) is 31.7 Å². The van der Waals surface area contributed by atoms with E-state index in [0.717, 1.165) is 28.7 Å². The molecule has 1 aromatic heterocycles. The van der Waals surface area contributed by atoms with E-state index in [0.29, 0.717) is 32.2 Å². The molecule has 25 heavy (non-hydrogen) atoms. The zero-order chi connectivity index (χ0) is 18.0. The summed E-state index contributed by atoms with van der Waals surface area (Å²) in [6, 6.07) is 7.91. The van der Waals surface area contributed by atoms with Gasteiger partial charge in [-0.1, -0.05) is 25.1 Å². The third-order valence-electron chi connectivity index (χ3n) is 5.30. The first kappa shape index (κ1) is 17.5. The number of aliphatic carboxylic acids is 1. The molecule has 1 aromatic carbocycles. The quantitative estimate of drug-likeness (QED) is 0.895. The summed E-state index contributed by atoms with van der Waals surface area (Å²) in [5, 5.41) is 10.2. The predicted octanol–water partition coefficient (Wildman–Crippen LogP) is 3.84. The topological polar surface area (TPSA) is 70.8 Å². The Bertz CT molecular complexity index is 771. The van der Waals surface area contributed by atoms with Gasteiger partial charge in [-0.2, -0.15) is 0 Å². The Balaban J connectivity index is 1.71. The van der Waals surface area contributed by atoms with Gasteiger partial charge in [0.2, 0.25) is 5.91 Å². The van der Waals surface area contributed by atoms with Crippen molar-refractivity contribution in [2.24, 2.45) is 11.8 Å². The second kappa shape index (κ2) is 7.30. The van der Waals surface area contributed by atoms with Gasteiger partial charge < -0.3 is 14.4 Å². The monoisotopic (exact) mass is 343 g/mol. The van der Waals surface area contributed by atoms with Crippen LogP contribution in [-0.2, 0) is 22.6 Å². The SMILES string of the molecule is CCc1oc2ccccc2c1CN(C)C(=O)C1CCC(C(=O)O)CC1. The van der Waals surface area contributed by atoms with Crippen molar-refractivity contribution in [2.45, 2.75) is 45.6 Å². The maximum Gasteiger partial charge on any atom is 0.306 e. The predicted molar refractivity (Wildman–Crippen MR) is 95.1 cm³/mol. The molecule has 0 spiro atoms. The highest BCUT2D eigenvalue weighted by Gasteiger charge is 2.31. The molecule has 1 aliphatic rings. The highest BCUT2D eigenvalue weighted by molar-refractivity contribution is 5.84. The fourth-order valence-electron chi connectivity index (χ4n) is 3.82. The molecule has 134 valence electrons. The number of hydrogen-bond acceptors (Lipinski definition) is 3. The van der Waals surface area contributed by atoms with Crippen LogP contribution in [0.1, 0.15) is 43.9 Å². The summed E-state index contributed by atoms with van der Waals surface area (Å²) in [6.45, 7) is 2.58. The van der Waals surface area contributed by atoms with Gasteiger partial charge in [0.05, 0.1) is 5.92 Å². The van der Waals surface area contributed by atoms with Crippen molar-refractivity contribution in [3.8, 4) is 0 Å². The van der Waals surface area contributed by atoms with Gasteiger partial charge in [0.15, 0.2) is 0 Å². The largest absolute Gasteiger partial charge is 0.481 e. The number of para-hydroxylation sites is 1. The Morgan fingerprint density at radius 3 is 2.44 bits per heavy atom. The molecule has 1 amide bonds. The third-order valence-corrected chi connectivity index (χ3v) is 5.30. The summed E-state index contributed by atoms with van der Waals surface area (Å²) in [4.78, 5) is 25.6. The zero-order valence-electron chi connectivity index (χ0n) is 14.8.